The van der Waals surface area contributed by atoms with Crippen molar-refractivity contribution < 1.29 is 40.3 Å². The van der Waals surface area contributed by atoms with Gasteiger partial charge in [0.25, 0.3) is 0 Å². The second-order valence-electron chi connectivity index (χ2n) is 5.45. The van der Waals surface area contributed by atoms with Crippen LogP contribution in [0.15, 0.2) is 30.3 Å². The molecule has 0 unspecified atom stereocenters. The Hall–Kier alpha value is -3.05. The number of halogens is 2. The molecule has 0 amide bonds. The van der Waals surface area contributed by atoms with Crippen molar-refractivity contribution in [3.05, 3.63) is 41.5 Å². The van der Waals surface area contributed by atoms with E-state index in [9.17, 15) is 17.2 Å². The summed E-state index contributed by atoms with van der Waals surface area (Å²) in [4.78, 5) is 0. The third-order valence-corrected chi connectivity index (χ3v) is 3.96. The molecule has 0 saturated carbocycles. The van der Waals surface area contributed by atoms with Gasteiger partial charge in [0.05, 0.1) is 21.3 Å². The van der Waals surface area contributed by atoms with Crippen molar-refractivity contribution in [2.75, 3.05) is 21.3 Å². The van der Waals surface area contributed by atoms with E-state index >= 15 is 0 Å². The Morgan fingerprint density at radius 1 is 0.862 bits per heavy atom. The third-order valence-electron chi connectivity index (χ3n) is 3.55. The molecule has 0 atom stereocenters. The molecule has 2 rings (SSSR count). The quantitative estimate of drug-likeness (QED) is 0.608. The van der Waals surface area contributed by atoms with Crippen LogP contribution in [0.5, 0.6) is 28.7 Å². The van der Waals surface area contributed by atoms with Gasteiger partial charge in [-0.1, -0.05) is 18.2 Å². The molecule has 0 aromatic heterocycles. The minimum Gasteiger partial charge on any atom is -0.493 e. The summed E-state index contributed by atoms with van der Waals surface area (Å²) in [5, 5.41) is 4.82. The zero-order chi connectivity index (χ0) is 21.6. The highest BCUT2D eigenvalue weighted by molar-refractivity contribution is 7.84. The molecule has 0 aliphatic heterocycles. The van der Waals surface area contributed by atoms with Crippen LogP contribution in [0.2, 0.25) is 0 Å². The zero-order valence-corrected chi connectivity index (χ0v) is 16.5. The highest BCUT2D eigenvalue weighted by atomic mass is 32.2. The van der Waals surface area contributed by atoms with Crippen LogP contribution in [0, 0.1) is 0 Å². The van der Waals surface area contributed by atoms with E-state index in [1.54, 1.807) is 24.3 Å². The monoisotopic (exact) mass is 431 g/mol. The molecule has 0 saturated heterocycles. The zero-order valence-electron chi connectivity index (χ0n) is 15.7. The fourth-order valence-electron chi connectivity index (χ4n) is 2.40. The van der Waals surface area contributed by atoms with E-state index in [-0.39, 0.29) is 0 Å². The van der Waals surface area contributed by atoms with Gasteiger partial charge in [0.15, 0.2) is 23.0 Å². The molecule has 2 aromatic rings. The average molecular weight is 431 g/mol. The Morgan fingerprint density at radius 2 is 1.41 bits per heavy atom. The predicted molar refractivity (Wildman–Crippen MR) is 102 cm³/mol. The maximum atomic E-state index is 12.5. The number of hydrogen-bond donors (Lipinski definition) is 1. The molecule has 0 fully saturated rings. The summed E-state index contributed by atoms with van der Waals surface area (Å²) >= 11 is 0. The Morgan fingerprint density at radius 3 is 1.90 bits per heavy atom. The van der Waals surface area contributed by atoms with Gasteiger partial charge in [-0.15, -0.1) is 0 Å². The van der Waals surface area contributed by atoms with Gasteiger partial charge in [0.2, 0.25) is 5.75 Å². The normalized spacial score (nSPS) is 11.6. The van der Waals surface area contributed by atoms with Gasteiger partial charge in [-0.25, -0.2) is 0 Å². The lowest BCUT2D eigenvalue weighted by Crippen LogP contribution is -2.19. The molecule has 29 heavy (non-hydrogen) atoms. The van der Waals surface area contributed by atoms with Crippen molar-refractivity contribution in [1.82, 2.24) is 0 Å². The van der Waals surface area contributed by atoms with Crippen LogP contribution in [-0.2, 0) is 10.3 Å². The van der Waals surface area contributed by atoms with Crippen LogP contribution >= 0.6 is 0 Å². The summed E-state index contributed by atoms with van der Waals surface area (Å²) in [5.41, 5.74) is 1.10. The molecule has 0 aliphatic carbocycles. The van der Waals surface area contributed by atoms with E-state index in [0.717, 1.165) is 6.07 Å². The molecule has 8 nitrogen and oxygen atoms in total. The highest BCUT2D eigenvalue weighted by Gasteiger charge is 2.16. The van der Waals surface area contributed by atoms with E-state index in [1.807, 2.05) is 0 Å². The Kier molecular flexibility index (Phi) is 7.23. The second kappa shape index (κ2) is 9.43. The lowest BCUT2D eigenvalue weighted by Gasteiger charge is -2.13. The SMILES string of the molecule is COc1cc(/C=C\c2ccc(OC(F)F)c(OS(N)(=O)=O)c2)cc(OC)c1OC. The molecule has 0 spiro atoms. The van der Waals surface area contributed by atoms with Crippen molar-refractivity contribution in [2.24, 2.45) is 5.14 Å². The second-order valence-corrected chi connectivity index (χ2v) is 6.61. The lowest BCUT2D eigenvalue weighted by atomic mass is 10.1. The fraction of sp³-hybridized carbons (Fsp3) is 0.222. The topological polar surface area (TPSA) is 106 Å². The molecule has 0 radical (unpaired) electrons. The summed E-state index contributed by atoms with van der Waals surface area (Å²) < 4.78 is 71.9. The first kappa shape index (κ1) is 22.2. The van der Waals surface area contributed by atoms with E-state index in [2.05, 4.69) is 8.92 Å². The van der Waals surface area contributed by atoms with E-state index < -0.39 is 28.4 Å². The van der Waals surface area contributed by atoms with E-state index in [4.69, 9.17) is 19.3 Å². The van der Waals surface area contributed by atoms with Crippen LogP contribution < -0.4 is 28.3 Å². The molecule has 0 heterocycles. The van der Waals surface area contributed by atoms with Crippen LogP contribution in [0.3, 0.4) is 0 Å². The first-order chi connectivity index (χ1) is 13.7. The number of ether oxygens (including phenoxy) is 4. The molecule has 2 N–H and O–H groups in total. The summed E-state index contributed by atoms with van der Waals surface area (Å²) in [6, 6.07) is 7.14. The van der Waals surface area contributed by atoms with Crippen molar-refractivity contribution >= 4 is 22.5 Å². The minimum atomic E-state index is -4.44. The number of methoxy groups -OCH3 is 3. The van der Waals surface area contributed by atoms with Crippen molar-refractivity contribution in [3.63, 3.8) is 0 Å². The summed E-state index contributed by atoms with van der Waals surface area (Å²) in [6.07, 6.45) is 3.25. The summed E-state index contributed by atoms with van der Waals surface area (Å²) in [6.45, 7) is -3.17. The average Bonchev–Trinajstić information content (AvgIpc) is 2.65. The Bertz CT molecular complexity index is 969. The van der Waals surface area contributed by atoms with Gasteiger partial charge in [0, 0.05) is 0 Å². The first-order valence-corrected chi connectivity index (χ1v) is 9.43. The predicted octanol–water partition coefficient (Wildman–Crippen LogP) is 3.07. The van der Waals surface area contributed by atoms with Crippen LogP contribution in [-0.4, -0.2) is 36.4 Å². The van der Waals surface area contributed by atoms with Gasteiger partial charge in [-0.2, -0.15) is 22.3 Å². The maximum absolute atomic E-state index is 12.5. The molecule has 2 aromatic carbocycles. The van der Waals surface area contributed by atoms with Gasteiger partial charge in [-0.05, 0) is 35.4 Å². The van der Waals surface area contributed by atoms with Gasteiger partial charge >= 0.3 is 16.9 Å². The summed E-state index contributed by atoms with van der Waals surface area (Å²) in [7, 11) is -0.0117. The minimum absolute atomic E-state index is 0.421. The molecule has 0 aliphatic rings. The van der Waals surface area contributed by atoms with E-state index in [1.165, 1.54) is 33.5 Å². The smallest absolute Gasteiger partial charge is 0.387 e. The van der Waals surface area contributed by atoms with Crippen molar-refractivity contribution in [3.8, 4) is 28.7 Å². The molecular weight excluding hydrogens is 412 g/mol. The number of hydrogen-bond acceptors (Lipinski definition) is 7. The number of nitrogens with two attached hydrogens (primary N) is 1. The van der Waals surface area contributed by atoms with E-state index in [0.29, 0.717) is 28.4 Å². The Balaban J connectivity index is 2.40. The number of rotatable bonds is 9. The molecule has 158 valence electrons. The van der Waals surface area contributed by atoms with Crippen molar-refractivity contribution in [2.45, 2.75) is 6.61 Å². The standard InChI is InChI=1S/C18H19F2NO7S/c1-24-15-9-12(10-16(25-2)17(15)26-3)5-4-11-6-7-13(27-18(19)20)14(8-11)28-29(21,22)23/h4-10,18H,1-3H3,(H2,21,22,23)/b5-4-. The van der Waals surface area contributed by atoms with Gasteiger partial charge < -0.3 is 23.1 Å². The summed E-state index contributed by atoms with van der Waals surface area (Å²) in [5.74, 6) is 0.346. The van der Waals surface area contributed by atoms with Crippen LogP contribution in [0.1, 0.15) is 11.1 Å². The number of alkyl halides is 2. The molecule has 11 heteroatoms. The lowest BCUT2D eigenvalue weighted by molar-refractivity contribution is -0.0507. The number of benzene rings is 2. The highest BCUT2D eigenvalue weighted by Crippen LogP contribution is 2.39. The molecule has 0 bridgehead atoms. The van der Waals surface area contributed by atoms with Crippen LogP contribution in [0.4, 0.5) is 8.78 Å². The van der Waals surface area contributed by atoms with Gasteiger partial charge in [0.1, 0.15) is 0 Å². The van der Waals surface area contributed by atoms with Gasteiger partial charge in [-0.3, -0.25) is 0 Å². The van der Waals surface area contributed by atoms with Crippen molar-refractivity contribution in [1.29, 1.82) is 0 Å². The maximum Gasteiger partial charge on any atom is 0.387 e. The first-order valence-electron chi connectivity index (χ1n) is 7.96. The largest absolute Gasteiger partial charge is 0.493 e. The fourth-order valence-corrected chi connectivity index (χ4v) is 2.78. The van der Waals surface area contributed by atoms with Crippen LogP contribution in [0.25, 0.3) is 12.2 Å². The third kappa shape index (κ3) is 6.22. The Labute approximate surface area is 166 Å². The molecular formula is C18H19F2NO7S.